The molecule has 1 unspecified atom stereocenters. The summed E-state index contributed by atoms with van der Waals surface area (Å²) in [4.78, 5) is 25.1. The number of amides is 1. The highest BCUT2D eigenvalue weighted by Crippen LogP contribution is 2.56. The molecule has 7 rings (SSSR count). The number of likely N-dealkylation sites (tertiary alicyclic amines) is 1. The third kappa shape index (κ3) is 4.11. The average molecular weight is 526 g/mol. The van der Waals surface area contributed by atoms with Gasteiger partial charge in [0, 0.05) is 46.6 Å². The van der Waals surface area contributed by atoms with E-state index < -0.39 is 12.2 Å². The van der Waals surface area contributed by atoms with Crippen LogP contribution in [0.4, 0.5) is 4.39 Å². The van der Waals surface area contributed by atoms with Crippen LogP contribution in [0.25, 0.3) is 10.1 Å². The van der Waals surface area contributed by atoms with Crippen molar-refractivity contribution in [1.82, 2.24) is 24.8 Å². The molecule has 4 aromatic rings. The number of halogens is 1. The maximum Gasteiger partial charge on any atom is 0.270 e. The molecule has 0 bridgehead atoms. The highest BCUT2D eigenvalue weighted by Gasteiger charge is 2.58. The van der Waals surface area contributed by atoms with Crippen LogP contribution in [0, 0.1) is 30.1 Å². The summed E-state index contributed by atoms with van der Waals surface area (Å²) in [5, 5.41) is 6.38. The van der Waals surface area contributed by atoms with Gasteiger partial charge in [-0.05, 0) is 66.9 Å². The second kappa shape index (κ2) is 8.75. The number of benzene rings is 1. The van der Waals surface area contributed by atoms with Crippen molar-refractivity contribution in [2.45, 2.75) is 38.5 Å². The zero-order valence-corrected chi connectivity index (χ0v) is 22.2. The number of alkyl halides is 1. The minimum Gasteiger partial charge on any atom is -0.338 e. The number of carbonyl (C=O) groups excluding carboxylic acids is 1. The van der Waals surface area contributed by atoms with Gasteiger partial charge in [-0.25, -0.2) is 14.4 Å². The number of pyridine rings is 1. The van der Waals surface area contributed by atoms with E-state index in [1.165, 1.54) is 0 Å². The Kier molecular flexibility index (Phi) is 5.43. The third-order valence-corrected chi connectivity index (χ3v) is 8.99. The zero-order chi connectivity index (χ0) is 26.0. The Bertz CT molecular complexity index is 1650. The van der Waals surface area contributed by atoms with E-state index in [0.717, 1.165) is 52.1 Å². The van der Waals surface area contributed by atoms with Crippen molar-refractivity contribution in [2.75, 3.05) is 20.1 Å². The number of piperidine rings is 1. The lowest BCUT2D eigenvalue weighted by Crippen LogP contribution is -2.31. The molecule has 3 aliphatic rings. The van der Waals surface area contributed by atoms with Crippen molar-refractivity contribution in [3.63, 3.8) is 0 Å². The minimum atomic E-state index is -0.937. The lowest BCUT2D eigenvalue weighted by atomic mass is 10.00. The molecule has 8 heteroatoms. The molecule has 1 aliphatic carbocycles. The van der Waals surface area contributed by atoms with E-state index in [-0.39, 0.29) is 11.3 Å². The van der Waals surface area contributed by atoms with Gasteiger partial charge >= 0.3 is 0 Å². The van der Waals surface area contributed by atoms with E-state index in [0.29, 0.717) is 30.3 Å². The monoisotopic (exact) mass is 525 g/mol. The maximum atomic E-state index is 14.3. The molecule has 5 heterocycles. The molecule has 2 aliphatic heterocycles. The Labute approximate surface area is 224 Å². The number of aryl methyl sites for hydroxylation is 1. The second-order valence-corrected chi connectivity index (χ2v) is 12.0. The summed E-state index contributed by atoms with van der Waals surface area (Å²) in [7, 11) is 2.14. The molecule has 192 valence electrons. The first-order valence-electron chi connectivity index (χ1n) is 13.0. The molecule has 3 aromatic heterocycles. The van der Waals surface area contributed by atoms with Crippen molar-refractivity contribution in [3.8, 4) is 11.8 Å². The maximum absolute atomic E-state index is 14.3. The summed E-state index contributed by atoms with van der Waals surface area (Å²) in [5.41, 5.74) is 4.41. The van der Waals surface area contributed by atoms with E-state index in [1.54, 1.807) is 23.7 Å². The topological polar surface area (TPSA) is 63.1 Å². The molecule has 0 spiro atoms. The molecule has 4 atom stereocenters. The van der Waals surface area contributed by atoms with Crippen LogP contribution < -0.4 is 5.32 Å². The van der Waals surface area contributed by atoms with E-state index in [1.807, 2.05) is 23.6 Å². The number of nitrogens with one attached hydrogen (secondary N) is 1. The van der Waals surface area contributed by atoms with Crippen LogP contribution in [-0.2, 0) is 13.0 Å². The Hall–Kier alpha value is -3.54. The first-order valence-corrected chi connectivity index (χ1v) is 13.9. The van der Waals surface area contributed by atoms with Crippen LogP contribution in [0.5, 0.6) is 0 Å². The highest BCUT2D eigenvalue weighted by atomic mass is 32.1. The summed E-state index contributed by atoms with van der Waals surface area (Å²) in [6.45, 7) is 4.30. The Balaban J connectivity index is 1.21. The van der Waals surface area contributed by atoms with Crippen molar-refractivity contribution < 1.29 is 9.18 Å². The van der Waals surface area contributed by atoms with Gasteiger partial charge in [0.05, 0.1) is 24.6 Å². The number of hydrogen-bond acceptors (Lipinski definition) is 5. The number of aromatic nitrogens is 3. The smallest absolute Gasteiger partial charge is 0.270 e. The number of rotatable bonds is 4. The van der Waals surface area contributed by atoms with Gasteiger partial charge in [0.2, 0.25) is 0 Å². The van der Waals surface area contributed by atoms with Crippen LogP contribution in [0.3, 0.4) is 0 Å². The van der Waals surface area contributed by atoms with Gasteiger partial charge in [-0.2, -0.15) is 0 Å². The third-order valence-electron chi connectivity index (χ3n) is 8.11. The van der Waals surface area contributed by atoms with Crippen LogP contribution in [-0.4, -0.2) is 51.7 Å². The zero-order valence-electron chi connectivity index (χ0n) is 21.4. The van der Waals surface area contributed by atoms with Gasteiger partial charge in [0.1, 0.15) is 11.9 Å². The lowest BCUT2D eigenvalue weighted by Gasteiger charge is -2.19. The number of thiophene rings is 1. The van der Waals surface area contributed by atoms with Crippen LogP contribution >= 0.6 is 11.3 Å². The molecule has 1 aromatic carbocycles. The fraction of sp³-hybridized carbons (Fsp3) is 0.367. The molecule has 38 heavy (non-hydrogen) atoms. The SMILES string of the molecule is Cc1cc(C#C[C@@]23C[C@@H]2CN(C)C3)cc(C(=O)NC(c2ccc3ccsc3c2)c2ncn3c2C[C@@H](F)C3)n1. The van der Waals surface area contributed by atoms with Crippen LogP contribution in [0.1, 0.15) is 51.2 Å². The predicted octanol–water partition coefficient (Wildman–Crippen LogP) is 4.52. The first-order chi connectivity index (χ1) is 18.4. The minimum absolute atomic E-state index is 0.107. The van der Waals surface area contributed by atoms with Crippen molar-refractivity contribution in [2.24, 2.45) is 11.3 Å². The average Bonchev–Trinajstić information content (AvgIpc) is 3.35. The highest BCUT2D eigenvalue weighted by molar-refractivity contribution is 7.17. The number of nitrogens with zero attached hydrogens (tertiary/aromatic N) is 4. The Morgan fingerprint density at radius 1 is 1.26 bits per heavy atom. The van der Waals surface area contributed by atoms with Gasteiger partial charge in [0.25, 0.3) is 5.91 Å². The van der Waals surface area contributed by atoms with E-state index in [4.69, 9.17) is 0 Å². The van der Waals surface area contributed by atoms with Crippen molar-refractivity contribution >= 4 is 27.3 Å². The molecule has 0 radical (unpaired) electrons. The molecule has 1 amide bonds. The largest absolute Gasteiger partial charge is 0.338 e. The summed E-state index contributed by atoms with van der Waals surface area (Å²) >= 11 is 1.65. The van der Waals surface area contributed by atoms with Crippen molar-refractivity contribution in [3.05, 3.63) is 82.0 Å². The molecule has 1 N–H and O–H groups in total. The standard InChI is InChI=1S/C30H28FN5OS/c1-18-9-19(5-7-30-13-22(30)14-35(2)16-30)10-24(33-18)29(37)34-27(21-4-3-20-6-8-38-26(20)11-21)28-25-12-23(31)15-36(25)17-32-28/h3-4,6,8-11,17,22-23,27H,12-16H2,1-2H3,(H,34,37)/t22-,23-,27?,30+/m1/s1. The quantitative estimate of drug-likeness (QED) is 0.398. The van der Waals surface area contributed by atoms with E-state index >= 15 is 0 Å². The second-order valence-electron chi connectivity index (χ2n) is 11.0. The molecular formula is C30H28FN5OS. The van der Waals surface area contributed by atoms with E-state index in [9.17, 15) is 9.18 Å². The van der Waals surface area contributed by atoms with Gasteiger partial charge in [0.15, 0.2) is 0 Å². The Morgan fingerprint density at radius 2 is 2.16 bits per heavy atom. The number of imidazole rings is 1. The van der Waals surface area contributed by atoms with Crippen LogP contribution in [0.15, 0.2) is 48.1 Å². The summed E-state index contributed by atoms with van der Waals surface area (Å²) in [6.07, 6.45) is 2.19. The molecular weight excluding hydrogens is 497 g/mol. The summed E-state index contributed by atoms with van der Waals surface area (Å²) in [6, 6.07) is 11.4. The molecule has 1 saturated carbocycles. The predicted molar refractivity (Wildman–Crippen MR) is 146 cm³/mol. The Morgan fingerprint density at radius 3 is 3.00 bits per heavy atom. The fourth-order valence-electron chi connectivity index (χ4n) is 6.18. The number of fused-ring (bicyclic) bond motifs is 3. The molecule has 1 saturated heterocycles. The fourth-order valence-corrected chi connectivity index (χ4v) is 7.02. The van der Waals surface area contributed by atoms with Crippen molar-refractivity contribution in [1.29, 1.82) is 0 Å². The normalized spacial score (nSPS) is 24.5. The lowest BCUT2D eigenvalue weighted by molar-refractivity contribution is 0.0937. The van der Waals surface area contributed by atoms with Gasteiger partial charge in [-0.3, -0.25) is 4.79 Å². The van der Waals surface area contributed by atoms with Gasteiger partial charge < -0.3 is 14.8 Å². The first kappa shape index (κ1) is 23.6. The van der Waals surface area contributed by atoms with E-state index in [2.05, 4.69) is 62.7 Å². The molecule has 2 fully saturated rings. The number of carbonyl (C=O) groups is 1. The summed E-state index contributed by atoms with van der Waals surface area (Å²) in [5.74, 6) is 7.21. The van der Waals surface area contributed by atoms with Crippen LogP contribution in [0.2, 0.25) is 0 Å². The van der Waals surface area contributed by atoms with Gasteiger partial charge in [-0.15, -0.1) is 11.3 Å². The molecule has 6 nitrogen and oxygen atoms in total. The summed E-state index contributed by atoms with van der Waals surface area (Å²) < 4.78 is 17.2. The number of hydrogen-bond donors (Lipinski definition) is 1. The van der Waals surface area contributed by atoms with Gasteiger partial charge in [-0.1, -0.05) is 24.0 Å².